The molecular formula is C21H25N5OS. The largest absolute Gasteiger partial charge is 0.437 e. The second-order valence-corrected chi connectivity index (χ2v) is 8.51. The van der Waals surface area contributed by atoms with Gasteiger partial charge in [0.1, 0.15) is 5.75 Å². The molecule has 146 valence electrons. The first-order chi connectivity index (χ1) is 13.6. The number of nitrogens with zero attached hydrogens (tertiary/aromatic N) is 3. The third-order valence-corrected chi connectivity index (χ3v) is 6.36. The summed E-state index contributed by atoms with van der Waals surface area (Å²) in [5, 5.41) is 16.1. The molecular weight excluding hydrogens is 370 g/mol. The SMILES string of the molecule is Cc1cc(C#N)cc(C)c1Oc1nc(NC2CCNCC2)nc2c1SCCC2. The van der Waals surface area contributed by atoms with E-state index < -0.39 is 0 Å². The van der Waals surface area contributed by atoms with E-state index in [0.717, 1.165) is 72.0 Å². The van der Waals surface area contributed by atoms with Crippen molar-refractivity contribution in [1.82, 2.24) is 15.3 Å². The topological polar surface area (TPSA) is 82.9 Å². The van der Waals surface area contributed by atoms with E-state index in [9.17, 15) is 5.26 Å². The van der Waals surface area contributed by atoms with Gasteiger partial charge in [-0.3, -0.25) is 0 Å². The van der Waals surface area contributed by atoms with Gasteiger partial charge in [-0.15, -0.1) is 11.8 Å². The standard InChI is InChI=1S/C21H25N5OS/c1-13-10-15(12-22)11-14(2)18(13)27-20-19-17(4-3-9-28-19)25-21(26-20)24-16-5-7-23-8-6-16/h10-11,16,23H,3-9H2,1-2H3,(H,24,25,26). The van der Waals surface area contributed by atoms with E-state index in [4.69, 9.17) is 14.7 Å². The van der Waals surface area contributed by atoms with Crippen molar-refractivity contribution in [2.45, 2.75) is 50.5 Å². The third-order valence-electron chi connectivity index (χ3n) is 5.17. The van der Waals surface area contributed by atoms with E-state index in [0.29, 0.717) is 23.4 Å². The molecule has 1 fully saturated rings. The molecule has 0 aliphatic carbocycles. The van der Waals surface area contributed by atoms with Crippen molar-refractivity contribution in [2.24, 2.45) is 0 Å². The number of aryl methyl sites for hydroxylation is 3. The van der Waals surface area contributed by atoms with Crippen molar-refractivity contribution in [1.29, 1.82) is 5.26 Å². The van der Waals surface area contributed by atoms with Crippen LogP contribution in [-0.4, -0.2) is 34.9 Å². The normalized spacial score (nSPS) is 16.9. The van der Waals surface area contributed by atoms with Gasteiger partial charge in [0.15, 0.2) is 0 Å². The van der Waals surface area contributed by atoms with Gasteiger partial charge in [0.05, 0.1) is 22.2 Å². The minimum atomic E-state index is 0.391. The van der Waals surface area contributed by atoms with Gasteiger partial charge in [-0.05, 0) is 81.6 Å². The molecule has 2 N–H and O–H groups in total. The van der Waals surface area contributed by atoms with Gasteiger partial charge in [-0.25, -0.2) is 4.98 Å². The summed E-state index contributed by atoms with van der Waals surface area (Å²) in [4.78, 5) is 10.6. The summed E-state index contributed by atoms with van der Waals surface area (Å²) in [6.45, 7) is 5.98. The van der Waals surface area contributed by atoms with E-state index in [1.807, 2.05) is 26.0 Å². The molecule has 28 heavy (non-hydrogen) atoms. The number of ether oxygens (including phenoxy) is 1. The Kier molecular flexibility index (Phi) is 5.69. The summed E-state index contributed by atoms with van der Waals surface area (Å²) in [7, 11) is 0. The lowest BCUT2D eigenvalue weighted by Gasteiger charge is -2.25. The molecule has 0 radical (unpaired) electrons. The molecule has 3 heterocycles. The first-order valence-electron chi connectivity index (χ1n) is 9.84. The number of hydrogen-bond donors (Lipinski definition) is 2. The molecule has 4 rings (SSSR count). The predicted octanol–water partition coefficient (Wildman–Crippen LogP) is 3.96. The van der Waals surface area contributed by atoms with Gasteiger partial charge >= 0.3 is 0 Å². The Labute approximate surface area is 170 Å². The smallest absolute Gasteiger partial charge is 0.238 e. The Balaban J connectivity index is 1.67. The summed E-state index contributed by atoms with van der Waals surface area (Å²) in [5.41, 5.74) is 3.60. The Morgan fingerprint density at radius 2 is 1.96 bits per heavy atom. The van der Waals surface area contributed by atoms with Crippen LogP contribution in [-0.2, 0) is 6.42 Å². The zero-order chi connectivity index (χ0) is 19.5. The lowest BCUT2D eigenvalue weighted by molar-refractivity contribution is 0.437. The van der Waals surface area contributed by atoms with Gasteiger partial charge < -0.3 is 15.4 Å². The fourth-order valence-electron chi connectivity index (χ4n) is 3.76. The van der Waals surface area contributed by atoms with Crippen LogP contribution >= 0.6 is 11.8 Å². The fraction of sp³-hybridized carbons (Fsp3) is 0.476. The molecule has 1 saturated heterocycles. The molecule has 1 aromatic carbocycles. The zero-order valence-electron chi connectivity index (χ0n) is 16.3. The van der Waals surface area contributed by atoms with Crippen LogP contribution in [0.25, 0.3) is 0 Å². The molecule has 0 amide bonds. The van der Waals surface area contributed by atoms with Gasteiger partial charge in [0.2, 0.25) is 11.8 Å². The Bertz CT molecular complexity index is 895. The molecule has 0 atom stereocenters. The number of nitriles is 1. The number of hydrogen-bond acceptors (Lipinski definition) is 7. The summed E-state index contributed by atoms with van der Waals surface area (Å²) in [6, 6.07) is 6.31. The molecule has 0 saturated carbocycles. The average molecular weight is 396 g/mol. The minimum absolute atomic E-state index is 0.391. The van der Waals surface area contributed by atoms with E-state index in [1.54, 1.807) is 11.8 Å². The molecule has 6 nitrogen and oxygen atoms in total. The maximum absolute atomic E-state index is 9.19. The quantitative estimate of drug-likeness (QED) is 0.811. The van der Waals surface area contributed by atoms with E-state index in [2.05, 4.69) is 16.7 Å². The van der Waals surface area contributed by atoms with Gasteiger partial charge in [-0.2, -0.15) is 10.2 Å². The summed E-state index contributed by atoms with van der Waals surface area (Å²) >= 11 is 1.77. The van der Waals surface area contributed by atoms with E-state index in [-0.39, 0.29) is 0 Å². The fourth-order valence-corrected chi connectivity index (χ4v) is 4.78. The Morgan fingerprint density at radius 3 is 2.68 bits per heavy atom. The van der Waals surface area contributed by atoms with Crippen LogP contribution in [0.1, 0.15) is 41.6 Å². The van der Waals surface area contributed by atoms with Crippen LogP contribution in [0.4, 0.5) is 5.95 Å². The lowest BCUT2D eigenvalue weighted by atomic mass is 10.1. The number of fused-ring (bicyclic) bond motifs is 1. The average Bonchev–Trinajstić information content (AvgIpc) is 2.71. The van der Waals surface area contributed by atoms with Gasteiger partial charge in [0.25, 0.3) is 0 Å². The summed E-state index contributed by atoms with van der Waals surface area (Å²) in [6.07, 6.45) is 4.21. The number of piperidine rings is 1. The van der Waals surface area contributed by atoms with Crippen molar-refractivity contribution in [3.8, 4) is 17.7 Å². The highest BCUT2D eigenvalue weighted by atomic mass is 32.2. The molecule has 1 aromatic heterocycles. The Hall–Kier alpha value is -2.30. The first-order valence-corrected chi connectivity index (χ1v) is 10.8. The third kappa shape index (κ3) is 4.08. The van der Waals surface area contributed by atoms with Crippen LogP contribution < -0.4 is 15.4 Å². The maximum Gasteiger partial charge on any atom is 0.238 e. The molecule has 7 heteroatoms. The van der Waals surface area contributed by atoms with Crippen LogP contribution in [0.3, 0.4) is 0 Å². The number of aromatic nitrogens is 2. The number of rotatable bonds is 4. The molecule has 2 aliphatic heterocycles. The van der Waals surface area contributed by atoms with Crippen LogP contribution in [0.2, 0.25) is 0 Å². The van der Waals surface area contributed by atoms with Gasteiger partial charge in [0, 0.05) is 6.04 Å². The maximum atomic E-state index is 9.19. The molecule has 2 aromatic rings. The summed E-state index contributed by atoms with van der Waals surface area (Å²) in [5.74, 6) is 3.12. The second kappa shape index (κ2) is 8.38. The monoisotopic (exact) mass is 395 g/mol. The van der Waals surface area contributed by atoms with Crippen molar-refractivity contribution in [2.75, 3.05) is 24.2 Å². The number of benzene rings is 1. The lowest BCUT2D eigenvalue weighted by Crippen LogP contribution is -2.35. The highest BCUT2D eigenvalue weighted by Gasteiger charge is 2.23. The first kappa shape index (κ1) is 19.0. The molecule has 0 spiro atoms. The van der Waals surface area contributed by atoms with Gasteiger partial charge in [-0.1, -0.05) is 0 Å². The van der Waals surface area contributed by atoms with Crippen LogP contribution in [0.15, 0.2) is 17.0 Å². The molecule has 0 unspecified atom stereocenters. The molecule has 0 bridgehead atoms. The number of thioether (sulfide) groups is 1. The van der Waals surface area contributed by atoms with Crippen molar-refractivity contribution >= 4 is 17.7 Å². The number of nitrogens with one attached hydrogen (secondary N) is 2. The summed E-state index contributed by atoms with van der Waals surface area (Å²) < 4.78 is 6.33. The minimum Gasteiger partial charge on any atom is -0.437 e. The van der Waals surface area contributed by atoms with Crippen molar-refractivity contribution in [3.05, 3.63) is 34.5 Å². The second-order valence-electron chi connectivity index (χ2n) is 7.40. The van der Waals surface area contributed by atoms with E-state index >= 15 is 0 Å². The number of anilines is 1. The molecule has 2 aliphatic rings. The van der Waals surface area contributed by atoms with E-state index in [1.165, 1.54) is 0 Å². The predicted molar refractivity (Wildman–Crippen MR) is 111 cm³/mol. The van der Waals surface area contributed by atoms with Crippen molar-refractivity contribution < 1.29 is 4.74 Å². The Morgan fingerprint density at radius 1 is 1.21 bits per heavy atom. The zero-order valence-corrected chi connectivity index (χ0v) is 17.2. The van der Waals surface area contributed by atoms with Crippen LogP contribution in [0, 0.1) is 25.2 Å². The highest BCUT2D eigenvalue weighted by molar-refractivity contribution is 7.99. The highest BCUT2D eigenvalue weighted by Crippen LogP contribution is 2.40. The van der Waals surface area contributed by atoms with Crippen LogP contribution in [0.5, 0.6) is 11.6 Å². The van der Waals surface area contributed by atoms with Crippen molar-refractivity contribution in [3.63, 3.8) is 0 Å².